The van der Waals surface area contributed by atoms with Crippen molar-refractivity contribution < 1.29 is 14.3 Å². The Morgan fingerprint density at radius 2 is 1.60 bits per heavy atom. The van der Waals surface area contributed by atoms with Gasteiger partial charge >= 0.3 is 11.9 Å². The smallest absolute Gasteiger partial charge is 0.314 e. The van der Waals surface area contributed by atoms with E-state index in [0.717, 1.165) is 6.42 Å². The van der Waals surface area contributed by atoms with E-state index in [1.54, 1.807) is 0 Å². The van der Waals surface area contributed by atoms with Crippen LogP contribution in [0.15, 0.2) is 30.3 Å². The highest BCUT2D eigenvalue weighted by molar-refractivity contribution is 5.92. The monoisotopic (exact) mass is 206 g/mol. The molecule has 0 aliphatic carbocycles. The van der Waals surface area contributed by atoms with Crippen LogP contribution in [0.25, 0.3) is 0 Å². The fourth-order valence-electron chi connectivity index (χ4n) is 1.15. The SMILES string of the molecule is CCc1ccccc1.O=C1CCC(=O)O1. The number of esters is 2. The number of carbonyl (C=O) groups excluding carboxylic acids is 2. The molecule has 1 saturated heterocycles. The first-order valence-corrected chi connectivity index (χ1v) is 4.99. The number of aryl methyl sites for hydroxylation is 1. The number of benzene rings is 1. The predicted molar refractivity (Wildman–Crippen MR) is 56.2 cm³/mol. The zero-order valence-electron chi connectivity index (χ0n) is 8.73. The number of carbonyl (C=O) groups is 2. The van der Waals surface area contributed by atoms with Gasteiger partial charge in [0.25, 0.3) is 0 Å². The fraction of sp³-hybridized carbons (Fsp3) is 0.333. The third-order valence-electron chi connectivity index (χ3n) is 2.01. The van der Waals surface area contributed by atoms with Crippen molar-refractivity contribution in [1.29, 1.82) is 0 Å². The van der Waals surface area contributed by atoms with Gasteiger partial charge < -0.3 is 4.74 Å². The van der Waals surface area contributed by atoms with Crippen LogP contribution in [-0.2, 0) is 20.7 Å². The minimum Gasteiger partial charge on any atom is -0.393 e. The van der Waals surface area contributed by atoms with Crippen molar-refractivity contribution in [1.82, 2.24) is 0 Å². The van der Waals surface area contributed by atoms with Crippen molar-refractivity contribution in [2.45, 2.75) is 26.2 Å². The molecular weight excluding hydrogens is 192 g/mol. The van der Waals surface area contributed by atoms with E-state index in [2.05, 4.69) is 35.9 Å². The van der Waals surface area contributed by atoms with Crippen LogP contribution in [0.1, 0.15) is 25.3 Å². The molecular formula is C12H14O3. The molecule has 0 N–H and O–H groups in total. The molecule has 0 radical (unpaired) electrons. The molecule has 0 unspecified atom stereocenters. The molecule has 1 aliphatic heterocycles. The zero-order chi connectivity index (χ0) is 11.1. The molecule has 1 fully saturated rings. The number of ether oxygens (including phenoxy) is 1. The lowest BCUT2D eigenvalue weighted by Crippen LogP contribution is -1.94. The van der Waals surface area contributed by atoms with E-state index in [9.17, 15) is 9.59 Å². The van der Waals surface area contributed by atoms with Gasteiger partial charge in [0.15, 0.2) is 0 Å². The highest BCUT2D eigenvalue weighted by Gasteiger charge is 2.19. The van der Waals surface area contributed by atoms with Crippen LogP contribution < -0.4 is 0 Å². The first-order chi connectivity index (χ1) is 7.22. The van der Waals surface area contributed by atoms with E-state index >= 15 is 0 Å². The largest absolute Gasteiger partial charge is 0.393 e. The summed E-state index contributed by atoms with van der Waals surface area (Å²) in [7, 11) is 0. The number of hydrogen-bond donors (Lipinski definition) is 0. The lowest BCUT2D eigenvalue weighted by molar-refractivity contribution is -0.151. The predicted octanol–water partition coefficient (Wildman–Crippen LogP) is 2.10. The van der Waals surface area contributed by atoms with Gasteiger partial charge in [-0.25, -0.2) is 0 Å². The van der Waals surface area contributed by atoms with Gasteiger partial charge in [0.2, 0.25) is 0 Å². The number of rotatable bonds is 1. The highest BCUT2D eigenvalue weighted by atomic mass is 16.6. The van der Waals surface area contributed by atoms with Crippen molar-refractivity contribution in [3.8, 4) is 0 Å². The Balaban J connectivity index is 0.000000151. The van der Waals surface area contributed by atoms with Crippen LogP contribution in [0, 0.1) is 0 Å². The minimum atomic E-state index is -0.398. The van der Waals surface area contributed by atoms with Crippen LogP contribution in [0.2, 0.25) is 0 Å². The van der Waals surface area contributed by atoms with Crippen molar-refractivity contribution in [3.63, 3.8) is 0 Å². The maximum absolute atomic E-state index is 10.0. The highest BCUT2D eigenvalue weighted by Crippen LogP contribution is 2.03. The van der Waals surface area contributed by atoms with Gasteiger partial charge in [-0.2, -0.15) is 0 Å². The summed E-state index contributed by atoms with van der Waals surface area (Å²) in [5.41, 5.74) is 1.41. The summed E-state index contributed by atoms with van der Waals surface area (Å²) in [6.45, 7) is 2.16. The Hall–Kier alpha value is -1.64. The van der Waals surface area contributed by atoms with Gasteiger partial charge in [-0.15, -0.1) is 0 Å². The van der Waals surface area contributed by atoms with E-state index in [-0.39, 0.29) is 12.8 Å². The standard InChI is InChI=1S/C8H10.C4H4O3/c1-2-8-6-4-3-5-7-8;5-3-1-2-4(6)7-3/h3-7H,2H2,1H3;1-2H2. The average molecular weight is 206 g/mol. The summed E-state index contributed by atoms with van der Waals surface area (Å²) in [6.07, 6.45) is 1.67. The molecule has 2 rings (SSSR count). The first-order valence-electron chi connectivity index (χ1n) is 4.99. The quantitative estimate of drug-likeness (QED) is 0.522. The Morgan fingerprint density at radius 3 is 1.87 bits per heavy atom. The van der Waals surface area contributed by atoms with Crippen molar-refractivity contribution in [2.75, 3.05) is 0 Å². The van der Waals surface area contributed by atoms with Gasteiger partial charge in [-0.3, -0.25) is 9.59 Å². The van der Waals surface area contributed by atoms with Gasteiger partial charge in [0.05, 0.1) is 12.8 Å². The van der Waals surface area contributed by atoms with E-state index < -0.39 is 11.9 Å². The molecule has 15 heavy (non-hydrogen) atoms. The fourth-order valence-corrected chi connectivity index (χ4v) is 1.15. The Kier molecular flexibility index (Phi) is 4.54. The maximum Gasteiger partial charge on any atom is 0.314 e. The van der Waals surface area contributed by atoms with Gasteiger partial charge in [-0.05, 0) is 12.0 Å². The summed E-state index contributed by atoms with van der Waals surface area (Å²) >= 11 is 0. The molecule has 80 valence electrons. The normalized spacial score (nSPS) is 14.2. The molecule has 0 aromatic heterocycles. The van der Waals surface area contributed by atoms with Crippen LogP contribution in [0.3, 0.4) is 0 Å². The van der Waals surface area contributed by atoms with Gasteiger partial charge in [0, 0.05) is 0 Å². The zero-order valence-corrected chi connectivity index (χ0v) is 8.73. The van der Waals surface area contributed by atoms with Crippen LogP contribution >= 0.6 is 0 Å². The molecule has 1 aromatic rings. The molecule has 0 amide bonds. The molecule has 0 atom stereocenters. The Labute approximate surface area is 89.1 Å². The number of cyclic esters (lactones) is 2. The second-order valence-electron chi connectivity index (χ2n) is 3.19. The third kappa shape index (κ3) is 4.40. The van der Waals surface area contributed by atoms with E-state index in [1.807, 2.05) is 6.07 Å². The van der Waals surface area contributed by atoms with Crippen LogP contribution in [0.4, 0.5) is 0 Å². The molecule has 1 heterocycles. The molecule has 0 saturated carbocycles. The Morgan fingerprint density at radius 1 is 1.07 bits per heavy atom. The van der Waals surface area contributed by atoms with E-state index in [1.165, 1.54) is 5.56 Å². The molecule has 0 bridgehead atoms. The van der Waals surface area contributed by atoms with Gasteiger partial charge in [-0.1, -0.05) is 37.3 Å². The van der Waals surface area contributed by atoms with Crippen LogP contribution in [-0.4, -0.2) is 11.9 Å². The van der Waals surface area contributed by atoms with E-state index in [0.29, 0.717) is 0 Å². The summed E-state index contributed by atoms with van der Waals surface area (Å²) in [6, 6.07) is 10.5. The Bertz CT molecular complexity index is 316. The molecule has 0 spiro atoms. The average Bonchev–Trinajstić information content (AvgIpc) is 2.65. The third-order valence-corrected chi connectivity index (χ3v) is 2.01. The van der Waals surface area contributed by atoms with Crippen molar-refractivity contribution in [2.24, 2.45) is 0 Å². The van der Waals surface area contributed by atoms with E-state index in [4.69, 9.17) is 0 Å². The van der Waals surface area contributed by atoms with Crippen molar-refractivity contribution in [3.05, 3.63) is 35.9 Å². The topological polar surface area (TPSA) is 43.4 Å². The molecule has 1 aliphatic rings. The summed E-state index contributed by atoms with van der Waals surface area (Å²) in [5.74, 6) is -0.796. The summed E-state index contributed by atoms with van der Waals surface area (Å²) in [4.78, 5) is 20.0. The second kappa shape index (κ2) is 5.96. The second-order valence-corrected chi connectivity index (χ2v) is 3.19. The summed E-state index contributed by atoms with van der Waals surface area (Å²) < 4.78 is 4.08. The lowest BCUT2D eigenvalue weighted by Gasteiger charge is -1.89. The molecule has 1 aromatic carbocycles. The first kappa shape index (κ1) is 11.4. The minimum absolute atomic E-state index is 0.263. The summed E-state index contributed by atoms with van der Waals surface area (Å²) in [5, 5.41) is 0. The maximum atomic E-state index is 10.0. The number of hydrogen-bond acceptors (Lipinski definition) is 3. The van der Waals surface area contributed by atoms with Gasteiger partial charge in [0.1, 0.15) is 0 Å². The molecule has 3 nitrogen and oxygen atoms in total. The van der Waals surface area contributed by atoms with Crippen LogP contribution in [0.5, 0.6) is 0 Å². The van der Waals surface area contributed by atoms with Crippen molar-refractivity contribution >= 4 is 11.9 Å². The lowest BCUT2D eigenvalue weighted by atomic mass is 10.2. The molecule has 3 heteroatoms.